The second-order valence-electron chi connectivity index (χ2n) is 6.58. The third-order valence-electron chi connectivity index (χ3n) is 4.48. The minimum absolute atomic E-state index is 0.151. The summed E-state index contributed by atoms with van der Waals surface area (Å²) < 4.78 is 5.75. The highest BCUT2D eigenvalue weighted by atomic mass is 79.9. The van der Waals surface area contributed by atoms with Gasteiger partial charge in [-0.3, -0.25) is 14.3 Å². The van der Waals surface area contributed by atoms with E-state index in [4.69, 9.17) is 12.2 Å². The van der Waals surface area contributed by atoms with Crippen LogP contribution < -0.4 is 0 Å². The van der Waals surface area contributed by atoms with Crippen LogP contribution in [0.2, 0.25) is 0 Å². The van der Waals surface area contributed by atoms with Gasteiger partial charge < -0.3 is 0 Å². The number of rotatable bonds is 4. The summed E-state index contributed by atoms with van der Waals surface area (Å²) in [6.45, 7) is 11.1. The Morgan fingerprint density at radius 1 is 1.24 bits per heavy atom. The first-order valence-corrected chi connectivity index (χ1v) is 9.44. The molecule has 0 fully saturated rings. The van der Waals surface area contributed by atoms with E-state index in [-0.39, 0.29) is 5.92 Å². The first kappa shape index (κ1) is 18.1. The van der Waals surface area contributed by atoms with Crippen molar-refractivity contribution in [3.63, 3.8) is 0 Å². The van der Waals surface area contributed by atoms with Gasteiger partial charge in [-0.2, -0.15) is 10.2 Å². The lowest BCUT2D eigenvalue weighted by molar-refractivity contribution is 0.506. The van der Waals surface area contributed by atoms with Crippen molar-refractivity contribution in [2.24, 2.45) is 0 Å². The Morgan fingerprint density at radius 2 is 1.96 bits per heavy atom. The molecule has 0 amide bonds. The van der Waals surface area contributed by atoms with Gasteiger partial charge in [0.05, 0.1) is 22.4 Å². The van der Waals surface area contributed by atoms with Gasteiger partial charge in [0.15, 0.2) is 4.77 Å². The molecule has 0 saturated heterocycles. The van der Waals surface area contributed by atoms with Gasteiger partial charge >= 0.3 is 0 Å². The highest BCUT2D eigenvalue weighted by molar-refractivity contribution is 9.10. The van der Waals surface area contributed by atoms with Crippen molar-refractivity contribution in [1.82, 2.24) is 24.5 Å². The maximum Gasteiger partial charge on any atom is 0.199 e. The van der Waals surface area contributed by atoms with E-state index in [0.717, 1.165) is 33.9 Å². The average Bonchev–Trinajstić information content (AvgIpc) is 3.06. The predicted octanol–water partition coefficient (Wildman–Crippen LogP) is 4.93. The number of aromatic nitrogens is 5. The molecule has 0 aliphatic rings. The fourth-order valence-corrected chi connectivity index (χ4v) is 3.55. The summed E-state index contributed by atoms with van der Waals surface area (Å²) in [5.41, 5.74) is 5.57. The van der Waals surface area contributed by atoms with E-state index < -0.39 is 0 Å². The van der Waals surface area contributed by atoms with Gasteiger partial charge in [0.25, 0.3) is 0 Å². The molecule has 1 atom stereocenters. The van der Waals surface area contributed by atoms with E-state index in [0.29, 0.717) is 4.77 Å². The first-order valence-electron chi connectivity index (χ1n) is 8.24. The maximum atomic E-state index is 5.51. The van der Waals surface area contributed by atoms with Crippen LogP contribution in [0.25, 0.3) is 5.69 Å². The fourth-order valence-electron chi connectivity index (χ4n) is 3.03. The molecule has 2 heterocycles. The van der Waals surface area contributed by atoms with Crippen LogP contribution in [-0.4, -0.2) is 24.5 Å². The van der Waals surface area contributed by atoms with Gasteiger partial charge in [-0.05, 0) is 73.0 Å². The van der Waals surface area contributed by atoms with Crippen molar-refractivity contribution < 1.29 is 0 Å². The van der Waals surface area contributed by atoms with Gasteiger partial charge in [0.2, 0.25) is 0 Å². The quantitative estimate of drug-likeness (QED) is 0.610. The molecule has 132 valence electrons. The molecule has 0 aliphatic heterocycles. The Kier molecular flexibility index (Phi) is 4.97. The van der Waals surface area contributed by atoms with Crippen molar-refractivity contribution in [3.8, 4) is 5.69 Å². The van der Waals surface area contributed by atoms with Crippen molar-refractivity contribution in [1.29, 1.82) is 0 Å². The third kappa shape index (κ3) is 3.35. The van der Waals surface area contributed by atoms with E-state index in [1.54, 1.807) is 0 Å². The molecular formula is C18H22BrN5S. The van der Waals surface area contributed by atoms with E-state index in [1.165, 1.54) is 11.1 Å². The molecule has 0 spiro atoms. The van der Waals surface area contributed by atoms with E-state index >= 15 is 0 Å². The molecule has 7 heteroatoms. The number of halogens is 1. The molecule has 0 saturated carbocycles. The Labute approximate surface area is 161 Å². The van der Waals surface area contributed by atoms with Gasteiger partial charge in [0, 0.05) is 11.6 Å². The Bertz CT molecular complexity index is 982. The molecular weight excluding hydrogens is 398 g/mol. The normalized spacial score (nSPS) is 12.6. The Balaban J connectivity index is 2.02. The van der Waals surface area contributed by atoms with Gasteiger partial charge in [0.1, 0.15) is 5.82 Å². The molecule has 0 radical (unpaired) electrons. The average molecular weight is 420 g/mol. The number of aromatic amines is 1. The lowest BCUT2D eigenvalue weighted by Crippen LogP contribution is -2.14. The maximum absolute atomic E-state index is 5.51. The molecule has 25 heavy (non-hydrogen) atoms. The number of aryl methyl sites for hydroxylation is 3. The largest absolute Gasteiger partial charge is 0.272 e. The van der Waals surface area contributed by atoms with Crippen LogP contribution in [0.15, 0.2) is 22.7 Å². The molecule has 1 N–H and O–H groups in total. The lowest BCUT2D eigenvalue weighted by Gasteiger charge is -2.16. The fraction of sp³-hybridized carbons (Fsp3) is 0.389. The molecule has 3 aromatic rings. The summed E-state index contributed by atoms with van der Waals surface area (Å²) in [5.74, 6) is 1.07. The van der Waals surface area contributed by atoms with Gasteiger partial charge in [-0.25, -0.2) is 0 Å². The van der Waals surface area contributed by atoms with E-state index in [9.17, 15) is 0 Å². The zero-order valence-corrected chi connectivity index (χ0v) is 17.5. The van der Waals surface area contributed by atoms with Crippen LogP contribution in [0.5, 0.6) is 0 Å². The van der Waals surface area contributed by atoms with Crippen molar-refractivity contribution in [3.05, 3.63) is 55.8 Å². The van der Waals surface area contributed by atoms with Crippen LogP contribution >= 0.6 is 28.1 Å². The van der Waals surface area contributed by atoms with E-state index in [2.05, 4.69) is 77.1 Å². The zero-order chi connectivity index (χ0) is 18.3. The second-order valence-corrected chi connectivity index (χ2v) is 7.76. The number of hydrogen-bond donors (Lipinski definition) is 1. The molecule has 0 aliphatic carbocycles. The minimum atomic E-state index is 0.151. The standard InChI is InChI=1S/C18H22BrN5S/c1-10-6-7-11(2)15(8-10)24-17(20-21-18(24)25)12(3)9-23-14(5)16(19)13(4)22-23/h6-8,12H,9H2,1-5H3,(H,21,25). The Morgan fingerprint density at radius 3 is 2.60 bits per heavy atom. The molecule has 5 nitrogen and oxygen atoms in total. The molecule has 0 bridgehead atoms. The molecule has 2 aromatic heterocycles. The minimum Gasteiger partial charge on any atom is -0.272 e. The van der Waals surface area contributed by atoms with Gasteiger partial charge in [-0.15, -0.1) is 0 Å². The van der Waals surface area contributed by atoms with E-state index in [1.807, 2.05) is 16.2 Å². The van der Waals surface area contributed by atoms with Crippen LogP contribution in [0.4, 0.5) is 0 Å². The summed E-state index contributed by atoms with van der Waals surface area (Å²) in [6, 6.07) is 6.38. The first-order chi connectivity index (χ1) is 11.8. The highest BCUT2D eigenvalue weighted by Gasteiger charge is 2.19. The van der Waals surface area contributed by atoms with Crippen molar-refractivity contribution >= 4 is 28.1 Å². The summed E-state index contributed by atoms with van der Waals surface area (Å²) in [6.07, 6.45) is 0. The lowest BCUT2D eigenvalue weighted by atomic mass is 10.1. The van der Waals surface area contributed by atoms with Crippen LogP contribution in [0.3, 0.4) is 0 Å². The molecule has 3 rings (SSSR count). The zero-order valence-electron chi connectivity index (χ0n) is 15.1. The third-order valence-corrected chi connectivity index (χ3v) is 5.91. The number of nitrogens with zero attached hydrogens (tertiary/aromatic N) is 4. The van der Waals surface area contributed by atoms with Crippen LogP contribution in [0, 0.1) is 32.5 Å². The summed E-state index contributed by atoms with van der Waals surface area (Å²) in [7, 11) is 0. The SMILES string of the molecule is Cc1ccc(C)c(-n2c(C(C)Cn3nc(C)c(Br)c3C)n[nH]c2=S)c1. The van der Waals surface area contributed by atoms with Crippen LogP contribution in [0.1, 0.15) is 41.2 Å². The predicted molar refractivity (Wildman–Crippen MR) is 106 cm³/mol. The van der Waals surface area contributed by atoms with Crippen molar-refractivity contribution in [2.45, 2.75) is 47.1 Å². The topological polar surface area (TPSA) is 51.4 Å². The summed E-state index contributed by atoms with van der Waals surface area (Å²) >= 11 is 9.10. The number of nitrogens with one attached hydrogen (secondary N) is 1. The van der Waals surface area contributed by atoms with Crippen molar-refractivity contribution in [2.75, 3.05) is 0 Å². The monoisotopic (exact) mass is 419 g/mol. The number of benzene rings is 1. The van der Waals surface area contributed by atoms with Crippen LogP contribution in [-0.2, 0) is 6.54 Å². The number of hydrogen-bond acceptors (Lipinski definition) is 3. The van der Waals surface area contributed by atoms with Gasteiger partial charge in [-0.1, -0.05) is 19.1 Å². The molecule has 1 unspecified atom stereocenters. The summed E-state index contributed by atoms with van der Waals surface area (Å²) in [4.78, 5) is 0. The smallest absolute Gasteiger partial charge is 0.199 e. The highest BCUT2D eigenvalue weighted by Crippen LogP contribution is 2.25. The Hall–Kier alpha value is -1.73. The second kappa shape index (κ2) is 6.88. The molecule has 1 aromatic carbocycles. The number of H-pyrrole nitrogens is 1. The summed E-state index contributed by atoms with van der Waals surface area (Å²) in [5, 5.41) is 12.1.